The van der Waals surface area contributed by atoms with E-state index in [-0.39, 0.29) is 0 Å². The molecule has 1 fully saturated rings. The van der Waals surface area contributed by atoms with E-state index in [1.807, 2.05) is 0 Å². The van der Waals surface area contributed by atoms with Crippen LogP contribution in [0.2, 0.25) is 0 Å². The second kappa shape index (κ2) is 2.55. The van der Waals surface area contributed by atoms with Crippen LogP contribution in [0.25, 0.3) is 0 Å². The summed E-state index contributed by atoms with van der Waals surface area (Å²) >= 11 is 1.51. The van der Waals surface area contributed by atoms with Gasteiger partial charge in [-0.25, -0.2) is 0 Å². The zero-order chi connectivity index (χ0) is 5.11. The predicted molar refractivity (Wildman–Crippen MR) is 30.2 cm³/mol. The summed E-state index contributed by atoms with van der Waals surface area (Å²) in [5.74, 6) is 1.08. The average Bonchev–Trinajstić information content (AvgIpc) is 1.69. The maximum Gasteiger partial charge on any atom is 0.0354 e. The highest BCUT2D eigenvalue weighted by Gasteiger charge is 2.05. The second-order valence-corrected chi connectivity index (χ2v) is 2.70. The molecule has 0 radical (unpaired) electrons. The number of nitrogens with zero attached hydrogens (tertiary/aromatic N) is 1. The van der Waals surface area contributed by atoms with E-state index in [0.717, 1.165) is 18.7 Å². The van der Waals surface area contributed by atoms with Crippen LogP contribution in [0.15, 0.2) is 0 Å². The summed E-state index contributed by atoms with van der Waals surface area (Å²) in [6.45, 7) is 0.838. The van der Waals surface area contributed by atoms with Crippen LogP contribution in [0, 0.1) is 0 Å². The SMILES string of the molecule is ON1CCCCS1. The zero-order valence-corrected chi connectivity index (χ0v) is 4.95. The number of hydrogen-bond donors (Lipinski definition) is 1. The van der Waals surface area contributed by atoms with Gasteiger partial charge in [0.25, 0.3) is 0 Å². The Bertz CT molecular complexity index is 53.7. The van der Waals surface area contributed by atoms with Crippen LogP contribution in [0.3, 0.4) is 0 Å². The van der Waals surface area contributed by atoms with Gasteiger partial charge in [-0.1, -0.05) is 11.9 Å². The Morgan fingerprint density at radius 1 is 1.43 bits per heavy atom. The molecule has 1 saturated heterocycles. The molecule has 2 nitrogen and oxygen atoms in total. The summed E-state index contributed by atoms with van der Waals surface area (Å²) in [5.41, 5.74) is 0. The summed E-state index contributed by atoms with van der Waals surface area (Å²) in [5, 5.41) is 8.71. The Labute approximate surface area is 47.6 Å². The summed E-state index contributed by atoms with van der Waals surface area (Å²) in [6.07, 6.45) is 2.39. The summed E-state index contributed by atoms with van der Waals surface area (Å²) in [4.78, 5) is 0. The molecule has 1 heterocycles. The minimum absolute atomic E-state index is 0.838. The van der Waals surface area contributed by atoms with Crippen molar-refractivity contribution in [2.45, 2.75) is 12.8 Å². The molecule has 0 aromatic rings. The van der Waals surface area contributed by atoms with Gasteiger partial charge in [0.05, 0.1) is 0 Å². The topological polar surface area (TPSA) is 23.5 Å². The molecule has 0 aromatic carbocycles. The second-order valence-electron chi connectivity index (χ2n) is 1.62. The molecule has 0 saturated carbocycles. The molecule has 1 rings (SSSR count). The molecule has 0 amide bonds. The lowest BCUT2D eigenvalue weighted by molar-refractivity contribution is 0.0122. The quantitative estimate of drug-likeness (QED) is 0.483. The first-order valence-corrected chi connectivity index (χ1v) is 3.43. The number of hydrogen-bond acceptors (Lipinski definition) is 3. The first kappa shape index (κ1) is 5.41. The predicted octanol–water partition coefficient (Wildman–Crippen LogP) is 1.12. The molecule has 1 aliphatic heterocycles. The van der Waals surface area contributed by atoms with Crippen molar-refractivity contribution in [1.29, 1.82) is 0 Å². The van der Waals surface area contributed by atoms with Gasteiger partial charge in [0.1, 0.15) is 0 Å². The molecule has 7 heavy (non-hydrogen) atoms. The monoisotopic (exact) mass is 119 g/mol. The summed E-state index contributed by atoms with van der Waals surface area (Å²) in [6, 6.07) is 0. The molecular weight excluding hydrogens is 110 g/mol. The molecular formula is C4H9NOS. The van der Waals surface area contributed by atoms with Crippen molar-refractivity contribution in [3.63, 3.8) is 0 Å². The van der Waals surface area contributed by atoms with E-state index in [0.29, 0.717) is 0 Å². The van der Waals surface area contributed by atoms with E-state index in [1.165, 1.54) is 22.8 Å². The van der Waals surface area contributed by atoms with Crippen LogP contribution >= 0.6 is 11.9 Å². The van der Waals surface area contributed by atoms with Crippen molar-refractivity contribution < 1.29 is 5.21 Å². The van der Waals surface area contributed by atoms with Gasteiger partial charge in [0.15, 0.2) is 0 Å². The van der Waals surface area contributed by atoms with Gasteiger partial charge in [0.2, 0.25) is 0 Å². The summed E-state index contributed by atoms with van der Waals surface area (Å²) < 4.78 is 1.31. The summed E-state index contributed by atoms with van der Waals surface area (Å²) in [7, 11) is 0. The van der Waals surface area contributed by atoms with E-state index >= 15 is 0 Å². The Balaban J connectivity index is 2.12. The number of hydroxylamine groups is 1. The van der Waals surface area contributed by atoms with Crippen LogP contribution in [0.4, 0.5) is 0 Å². The van der Waals surface area contributed by atoms with Crippen LogP contribution in [0.1, 0.15) is 12.8 Å². The van der Waals surface area contributed by atoms with E-state index in [4.69, 9.17) is 5.21 Å². The lowest BCUT2D eigenvalue weighted by atomic mass is 10.3. The fourth-order valence-corrected chi connectivity index (χ4v) is 1.39. The molecule has 0 bridgehead atoms. The molecule has 0 atom stereocenters. The molecule has 1 aliphatic rings. The molecule has 0 aromatic heterocycles. The van der Waals surface area contributed by atoms with E-state index in [2.05, 4.69) is 0 Å². The first-order valence-electron chi connectivity index (χ1n) is 2.49. The molecule has 42 valence electrons. The third-order valence-corrected chi connectivity index (χ3v) is 1.94. The molecule has 0 aliphatic carbocycles. The average molecular weight is 119 g/mol. The van der Waals surface area contributed by atoms with Gasteiger partial charge >= 0.3 is 0 Å². The Morgan fingerprint density at radius 2 is 2.29 bits per heavy atom. The van der Waals surface area contributed by atoms with E-state index < -0.39 is 0 Å². The normalized spacial score (nSPS) is 25.3. The van der Waals surface area contributed by atoms with Crippen LogP contribution in [-0.4, -0.2) is 22.0 Å². The van der Waals surface area contributed by atoms with Gasteiger partial charge in [-0.15, -0.1) is 4.47 Å². The zero-order valence-electron chi connectivity index (χ0n) is 4.13. The molecule has 0 unspecified atom stereocenters. The van der Waals surface area contributed by atoms with Gasteiger partial charge < -0.3 is 5.21 Å². The van der Waals surface area contributed by atoms with Crippen LogP contribution < -0.4 is 0 Å². The highest BCUT2D eigenvalue weighted by molar-refractivity contribution is 7.96. The lowest BCUT2D eigenvalue weighted by Crippen LogP contribution is -2.16. The van der Waals surface area contributed by atoms with Crippen LogP contribution in [-0.2, 0) is 0 Å². The molecule has 0 spiro atoms. The maximum absolute atomic E-state index is 8.71. The van der Waals surface area contributed by atoms with E-state index in [1.54, 1.807) is 0 Å². The fourth-order valence-electron chi connectivity index (χ4n) is 0.584. The van der Waals surface area contributed by atoms with E-state index in [9.17, 15) is 0 Å². The first-order chi connectivity index (χ1) is 3.39. The van der Waals surface area contributed by atoms with Gasteiger partial charge in [-0.2, -0.15) is 0 Å². The minimum Gasteiger partial charge on any atom is -0.303 e. The van der Waals surface area contributed by atoms with Gasteiger partial charge in [0, 0.05) is 12.3 Å². The van der Waals surface area contributed by atoms with Crippen LogP contribution in [0.5, 0.6) is 0 Å². The van der Waals surface area contributed by atoms with Crippen molar-refractivity contribution in [3.05, 3.63) is 0 Å². The number of rotatable bonds is 0. The van der Waals surface area contributed by atoms with Crippen molar-refractivity contribution in [1.82, 2.24) is 4.47 Å². The lowest BCUT2D eigenvalue weighted by Gasteiger charge is -2.17. The highest BCUT2D eigenvalue weighted by atomic mass is 32.2. The molecule has 3 heteroatoms. The Morgan fingerprint density at radius 3 is 2.57 bits per heavy atom. The molecule has 1 N–H and O–H groups in total. The van der Waals surface area contributed by atoms with Crippen molar-refractivity contribution >= 4 is 11.9 Å². The van der Waals surface area contributed by atoms with Gasteiger partial charge in [-0.05, 0) is 12.8 Å². The smallest absolute Gasteiger partial charge is 0.0354 e. The van der Waals surface area contributed by atoms with Crippen molar-refractivity contribution in [2.24, 2.45) is 0 Å². The Kier molecular flexibility index (Phi) is 1.97. The third kappa shape index (κ3) is 1.67. The van der Waals surface area contributed by atoms with Gasteiger partial charge in [-0.3, -0.25) is 0 Å². The highest BCUT2D eigenvalue weighted by Crippen LogP contribution is 2.15. The fraction of sp³-hybridized carbons (Fsp3) is 1.00. The Hall–Kier alpha value is 0.270. The third-order valence-electron chi connectivity index (χ3n) is 0.984. The van der Waals surface area contributed by atoms with Crippen molar-refractivity contribution in [3.8, 4) is 0 Å². The largest absolute Gasteiger partial charge is 0.303 e. The van der Waals surface area contributed by atoms with Crippen molar-refractivity contribution in [2.75, 3.05) is 12.3 Å². The maximum atomic E-state index is 8.71. The minimum atomic E-state index is 0.838. The standard InChI is InChI=1S/C4H9NOS/c6-5-3-1-2-4-7-5/h6H,1-4H2.